The number of aromatic nitrogens is 4. The first kappa shape index (κ1) is 10.9. The maximum absolute atomic E-state index is 11.2. The second-order valence-corrected chi connectivity index (χ2v) is 4.84. The molecule has 0 saturated carbocycles. The quantitative estimate of drug-likeness (QED) is 0.809. The van der Waals surface area contributed by atoms with E-state index >= 15 is 0 Å². The van der Waals surface area contributed by atoms with Gasteiger partial charge in [0.1, 0.15) is 11.8 Å². The van der Waals surface area contributed by atoms with Crippen LogP contribution in [0.25, 0.3) is 11.2 Å². The standard InChI is InChI=1S/C11H13N5O2/c1-11(10(17)18)2-3-16(4-11)9-7-8(13-5-12-7)14-6-15-9/h5-6H,2-4H2,1H3,(H,17,18)(H,12,13,14,15). The van der Waals surface area contributed by atoms with E-state index in [9.17, 15) is 9.90 Å². The lowest BCUT2D eigenvalue weighted by Crippen LogP contribution is -2.32. The van der Waals surface area contributed by atoms with Crippen molar-refractivity contribution in [1.29, 1.82) is 0 Å². The van der Waals surface area contributed by atoms with E-state index in [1.165, 1.54) is 6.33 Å². The van der Waals surface area contributed by atoms with Crippen LogP contribution in [0.3, 0.4) is 0 Å². The van der Waals surface area contributed by atoms with Gasteiger partial charge in [0.2, 0.25) is 0 Å². The number of rotatable bonds is 2. The number of carbonyl (C=O) groups is 1. The molecule has 0 radical (unpaired) electrons. The molecule has 2 N–H and O–H groups in total. The molecule has 3 heterocycles. The van der Waals surface area contributed by atoms with Gasteiger partial charge in [0.25, 0.3) is 0 Å². The third-order valence-corrected chi connectivity index (χ3v) is 3.49. The van der Waals surface area contributed by atoms with Crippen LogP contribution in [0.4, 0.5) is 5.82 Å². The minimum atomic E-state index is -0.764. The van der Waals surface area contributed by atoms with Crippen molar-refractivity contribution in [3.8, 4) is 0 Å². The van der Waals surface area contributed by atoms with E-state index in [0.29, 0.717) is 25.2 Å². The Kier molecular flexibility index (Phi) is 2.22. The normalized spacial score (nSPS) is 23.7. The van der Waals surface area contributed by atoms with Gasteiger partial charge in [-0.1, -0.05) is 0 Å². The predicted octanol–water partition coefficient (Wildman–Crippen LogP) is 0.654. The molecule has 1 saturated heterocycles. The van der Waals surface area contributed by atoms with Gasteiger partial charge >= 0.3 is 5.97 Å². The zero-order valence-corrected chi connectivity index (χ0v) is 9.92. The second-order valence-electron chi connectivity index (χ2n) is 4.84. The number of fused-ring (bicyclic) bond motifs is 1. The lowest BCUT2D eigenvalue weighted by molar-refractivity contribution is -0.146. The molecule has 1 atom stereocenters. The number of nitrogens with zero attached hydrogens (tertiary/aromatic N) is 4. The van der Waals surface area contributed by atoms with Crippen LogP contribution < -0.4 is 4.90 Å². The zero-order chi connectivity index (χ0) is 12.8. The maximum atomic E-state index is 11.2. The SMILES string of the molecule is CC1(C(=O)O)CCN(c2ncnc3nc[nH]c23)C1. The third kappa shape index (κ3) is 1.51. The van der Waals surface area contributed by atoms with E-state index in [2.05, 4.69) is 19.9 Å². The fourth-order valence-electron chi connectivity index (χ4n) is 2.31. The highest BCUT2D eigenvalue weighted by Crippen LogP contribution is 2.34. The number of hydrogen-bond acceptors (Lipinski definition) is 5. The Morgan fingerprint density at radius 2 is 2.33 bits per heavy atom. The van der Waals surface area contributed by atoms with Crippen LogP contribution in [-0.2, 0) is 4.79 Å². The average molecular weight is 247 g/mol. The van der Waals surface area contributed by atoms with E-state index in [1.54, 1.807) is 13.3 Å². The Labute approximate surface area is 103 Å². The summed E-state index contributed by atoms with van der Waals surface area (Å²) in [6.45, 7) is 2.89. The Morgan fingerprint density at radius 3 is 3.06 bits per heavy atom. The van der Waals surface area contributed by atoms with Crippen molar-refractivity contribution in [2.45, 2.75) is 13.3 Å². The summed E-state index contributed by atoms with van der Waals surface area (Å²) < 4.78 is 0. The fraction of sp³-hybridized carbons (Fsp3) is 0.455. The summed E-state index contributed by atoms with van der Waals surface area (Å²) in [5.74, 6) is -0.0395. The topological polar surface area (TPSA) is 95.0 Å². The van der Waals surface area contributed by atoms with Crippen molar-refractivity contribution in [1.82, 2.24) is 19.9 Å². The van der Waals surface area contributed by atoms with E-state index in [4.69, 9.17) is 0 Å². The summed E-state index contributed by atoms with van der Waals surface area (Å²) in [7, 11) is 0. The van der Waals surface area contributed by atoms with Gasteiger partial charge < -0.3 is 15.0 Å². The zero-order valence-electron chi connectivity index (χ0n) is 9.92. The van der Waals surface area contributed by atoms with Crippen LogP contribution in [0.15, 0.2) is 12.7 Å². The predicted molar refractivity (Wildman–Crippen MR) is 64.3 cm³/mol. The number of aromatic amines is 1. The van der Waals surface area contributed by atoms with Crippen LogP contribution in [-0.4, -0.2) is 44.1 Å². The molecule has 2 aromatic rings. The summed E-state index contributed by atoms with van der Waals surface area (Å²) in [5, 5.41) is 9.23. The summed E-state index contributed by atoms with van der Waals surface area (Å²) in [4.78, 5) is 28.6. The molecular formula is C11H13N5O2. The minimum absolute atomic E-state index is 0.452. The molecule has 18 heavy (non-hydrogen) atoms. The molecule has 3 rings (SSSR count). The number of imidazole rings is 1. The molecule has 7 nitrogen and oxygen atoms in total. The molecule has 0 amide bonds. The van der Waals surface area contributed by atoms with Gasteiger partial charge in [-0.05, 0) is 13.3 Å². The molecule has 0 bridgehead atoms. The molecule has 1 aliphatic rings. The number of anilines is 1. The van der Waals surface area contributed by atoms with Gasteiger partial charge in [0.05, 0.1) is 11.7 Å². The third-order valence-electron chi connectivity index (χ3n) is 3.49. The fourth-order valence-corrected chi connectivity index (χ4v) is 2.31. The first-order valence-electron chi connectivity index (χ1n) is 5.72. The number of aliphatic carboxylic acids is 1. The van der Waals surface area contributed by atoms with Gasteiger partial charge in [0, 0.05) is 13.1 Å². The van der Waals surface area contributed by atoms with Crippen LogP contribution >= 0.6 is 0 Å². The Morgan fingerprint density at radius 1 is 1.50 bits per heavy atom. The molecule has 0 spiro atoms. The molecule has 0 aliphatic carbocycles. The highest BCUT2D eigenvalue weighted by molar-refractivity contribution is 5.84. The molecule has 1 fully saturated rings. The first-order chi connectivity index (χ1) is 8.60. The number of carboxylic acid groups (broad SMARTS) is 1. The molecule has 1 aliphatic heterocycles. The summed E-state index contributed by atoms with van der Waals surface area (Å²) in [6, 6.07) is 0. The van der Waals surface area contributed by atoms with Crippen LogP contribution in [0.1, 0.15) is 13.3 Å². The van der Waals surface area contributed by atoms with Crippen molar-refractivity contribution >= 4 is 23.0 Å². The van der Waals surface area contributed by atoms with Crippen molar-refractivity contribution in [2.75, 3.05) is 18.0 Å². The lowest BCUT2D eigenvalue weighted by atomic mass is 9.90. The summed E-state index contributed by atoms with van der Waals surface area (Å²) >= 11 is 0. The second kappa shape index (κ2) is 3.66. The van der Waals surface area contributed by atoms with Gasteiger partial charge in [-0.3, -0.25) is 4.79 Å². The number of carboxylic acids is 1. The number of nitrogens with one attached hydrogen (secondary N) is 1. The van der Waals surface area contributed by atoms with Crippen molar-refractivity contribution in [3.63, 3.8) is 0 Å². The molecular weight excluding hydrogens is 234 g/mol. The van der Waals surface area contributed by atoms with E-state index < -0.39 is 11.4 Å². The molecule has 0 aromatic carbocycles. The number of hydrogen-bond donors (Lipinski definition) is 2. The Bertz CT molecular complexity index is 610. The molecule has 7 heteroatoms. The maximum Gasteiger partial charge on any atom is 0.311 e. The van der Waals surface area contributed by atoms with E-state index in [1.807, 2.05) is 4.90 Å². The smallest absolute Gasteiger partial charge is 0.311 e. The van der Waals surface area contributed by atoms with Crippen LogP contribution in [0, 0.1) is 5.41 Å². The lowest BCUT2D eigenvalue weighted by Gasteiger charge is -2.20. The van der Waals surface area contributed by atoms with E-state index in [-0.39, 0.29) is 0 Å². The van der Waals surface area contributed by atoms with Gasteiger partial charge in [-0.2, -0.15) is 0 Å². The van der Waals surface area contributed by atoms with Crippen LogP contribution in [0.5, 0.6) is 0 Å². The average Bonchev–Trinajstić information content (AvgIpc) is 2.95. The molecule has 2 aromatic heterocycles. The highest BCUT2D eigenvalue weighted by Gasteiger charge is 2.41. The summed E-state index contributed by atoms with van der Waals surface area (Å²) in [6.07, 6.45) is 3.63. The van der Waals surface area contributed by atoms with Crippen molar-refractivity contribution < 1.29 is 9.90 Å². The Hall–Kier alpha value is -2.18. The largest absolute Gasteiger partial charge is 0.481 e. The van der Waals surface area contributed by atoms with Gasteiger partial charge in [-0.25, -0.2) is 15.0 Å². The monoisotopic (exact) mass is 247 g/mol. The molecule has 1 unspecified atom stereocenters. The number of H-pyrrole nitrogens is 1. The summed E-state index contributed by atoms with van der Waals surface area (Å²) in [5.41, 5.74) is 0.646. The van der Waals surface area contributed by atoms with E-state index in [0.717, 1.165) is 11.3 Å². The van der Waals surface area contributed by atoms with Gasteiger partial charge in [-0.15, -0.1) is 0 Å². The highest BCUT2D eigenvalue weighted by atomic mass is 16.4. The molecule has 94 valence electrons. The van der Waals surface area contributed by atoms with Crippen molar-refractivity contribution in [3.05, 3.63) is 12.7 Å². The van der Waals surface area contributed by atoms with Crippen LogP contribution in [0.2, 0.25) is 0 Å². The Balaban J connectivity index is 1.98. The first-order valence-corrected chi connectivity index (χ1v) is 5.72. The minimum Gasteiger partial charge on any atom is -0.481 e. The van der Waals surface area contributed by atoms with Crippen molar-refractivity contribution in [2.24, 2.45) is 5.41 Å². The van der Waals surface area contributed by atoms with Gasteiger partial charge in [0.15, 0.2) is 11.5 Å².